The summed E-state index contributed by atoms with van der Waals surface area (Å²) in [5, 5.41) is 3.41. The second-order valence-corrected chi connectivity index (χ2v) is 8.37. The van der Waals surface area contributed by atoms with Gasteiger partial charge in [-0.2, -0.15) is 0 Å². The molecule has 0 radical (unpaired) electrons. The Morgan fingerprint density at radius 2 is 2.10 bits per heavy atom. The monoisotopic (exact) mass is 410 g/mol. The van der Waals surface area contributed by atoms with Crippen LogP contribution in [0.25, 0.3) is 0 Å². The van der Waals surface area contributed by atoms with Gasteiger partial charge in [-0.05, 0) is 42.7 Å². The summed E-state index contributed by atoms with van der Waals surface area (Å²) >= 11 is 0. The lowest BCUT2D eigenvalue weighted by Crippen LogP contribution is -2.39. The van der Waals surface area contributed by atoms with Gasteiger partial charge in [0.1, 0.15) is 18.2 Å². The normalized spacial score (nSPS) is 25.3. The van der Waals surface area contributed by atoms with E-state index < -0.39 is 5.54 Å². The van der Waals surface area contributed by atoms with Crippen molar-refractivity contribution in [1.29, 1.82) is 0 Å². The number of fused-ring (bicyclic) bond motifs is 1. The second kappa shape index (κ2) is 6.97. The van der Waals surface area contributed by atoms with Gasteiger partial charge >= 0.3 is 6.09 Å². The molecule has 2 fully saturated rings. The van der Waals surface area contributed by atoms with Crippen molar-refractivity contribution in [1.82, 2.24) is 14.8 Å². The predicted molar refractivity (Wildman–Crippen MR) is 108 cm³/mol. The number of ether oxygens (including phenoxy) is 1. The molecule has 7 nitrogen and oxygen atoms in total. The van der Waals surface area contributed by atoms with Crippen LogP contribution in [0.5, 0.6) is 0 Å². The van der Waals surface area contributed by atoms with Gasteiger partial charge in [-0.15, -0.1) is 0 Å². The molecule has 2 aromatic rings. The maximum absolute atomic E-state index is 13.3. The molecule has 0 unspecified atom stereocenters. The molecule has 0 bridgehead atoms. The molecule has 8 heteroatoms. The van der Waals surface area contributed by atoms with Gasteiger partial charge in [-0.25, -0.2) is 14.2 Å². The zero-order valence-electron chi connectivity index (χ0n) is 16.7. The third-order valence-corrected chi connectivity index (χ3v) is 6.32. The number of aromatic nitrogens is 1. The number of hydrogen-bond acceptors (Lipinski definition) is 5. The maximum Gasteiger partial charge on any atom is 0.410 e. The van der Waals surface area contributed by atoms with Gasteiger partial charge in [0, 0.05) is 25.7 Å². The molecule has 1 N–H and O–H groups in total. The van der Waals surface area contributed by atoms with E-state index in [1.807, 2.05) is 13.0 Å². The van der Waals surface area contributed by atoms with Crippen molar-refractivity contribution in [3.8, 4) is 0 Å². The lowest BCUT2D eigenvalue weighted by atomic mass is 9.89. The Morgan fingerprint density at radius 3 is 2.83 bits per heavy atom. The quantitative estimate of drug-likeness (QED) is 0.842. The molecule has 5 rings (SSSR count). The van der Waals surface area contributed by atoms with E-state index >= 15 is 0 Å². The van der Waals surface area contributed by atoms with Crippen LogP contribution in [-0.2, 0) is 16.7 Å². The highest BCUT2D eigenvalue weighted by Crippen LogP contribution is 2.38. The average molecular weight is 410 g/mol. The third kappa shape index (κ3) is 3.16. The molecule has 156 valence electrons. The summed E-state index contributed by atoms with van der Waals surface area (Å²) in [4.78, 5) is 32.8. The van der Waals surface area contributed by atoms with E-state index in [1.54, 1.807) is 28.1 Å². The van der Waals surface area contributed by atoms with Crippen LogP contribution < -0.4 is 5.32 Å². The predicted octanol–water partition coefficient (Wildman–Crippen LogP) is 2.77. The Kier molecular flexibility index (Phi) is 4.38. The number of nitrogens with zero attached hydrogens (tertiary/aromatic N) is 3. The molecule has 0 spiro atoms. The minimum atomic E-state index is -0.403. The van der Waals surface area contributed by atoms with Crippen LogP contribution >= 0.6 is 0 Å². The molecule has 30 heavy (non-hydrogen) atoms. The Hall–Kier alpha value is -3.16. The zero-order valence-corrected chi connectivity index (χ0v) is 16.7. The molecule has 1 aromatic carbocycles. The minimum absolute atomic E-state index is 0.00905. The Balaban J connectivity index is 1.31. The van der Waals surface area contributed by atoms with Crippen molar-refractivity contribution in [3.63, 3.8) is 0 Å². The third-order valence-electron chi connectivity index (χ3n) is 6.32. The summed E-state index contributed by atoms with van der Waals surface area (Å²) in [6.07, 6.45) is 2.72. The van der Waals surface area contributed by atoms with Crippen LogP contribution in [0.2, 0.25) is 0 Å². The fourth-order valence-electron chi connectivity index (χ4n) is 4.65. The fraction of sp³-hybridized carbons (Fsp3) is 0.409. The zero-order chi connectivity index (χ0) is 20.9. The van der Waals surface area contributed by atoms with Crippen molar-refractivity contribution in [2.45, 2.75) is 31.3 Å². The molecule has 3 aliphatic heterocycles. The van der Waals surface area contributed by atoms with Crippen molar-refractivity contribution in [3.05, 3.63) is 59.0 Å². The molecule has 1 aromatic heterocycles. The van der Waals surface area contributed by atoms with Gasteiger partial charge in [0.2, 0.25) is 0 Å². The number of carbonyl (C=O) groups is 2. The van der Waals surface area contributed by atoms with E-state index in [-0.39, 0.29) is 23.9 Å². The number of nitrogens with one attached hydrogen (secondary N) is 1. The number of halogens is 1. The number of carbonyl (C=O) groups excluding carboxylic acids is 2. The first kappa shape index (κ1) is 18.8. The van der Waals surface area contributed by atoms with Crippen molar-refractivity contribution in [2.24, 2.45) is 0 Å². The number of hydrogen-bond donors (Lipinski definition) is 1. The summed E-state index contributed by atoms with van der Waals surface area (Å²) in [7, 11) is 0. The summed E-state index contributed by atoms with van der Waals surface area (Å²) < 4.78 is 18.3. The van der Waals surface area contributed by atoms with Crippen molar-refractivity contribution < 1.29 is 18.7 Å². The summed E-state index contributed by atoms with van der Waals surface area (Å²) in [6.45, 7) is 4.16. The summed E-state index contributed by atoms with van der Waals surface area (Å²) in [5.41, 5.74) is 2.07. The van der Waals surface area contributed by atoms with Gasteiger partial charge in [0.25, 0.3) is 5.91 Å². The standard InChI is InChI=1S/C22H23FN4O3/c1-22(16-2-4-17(23)5-3-16)11-14-10-15(12-24-19(14)25-22)20(28)26-7-6-18(13-26)27-8-9-30-21(27)29/h2-5,10,12,18H,6-9,11,13H2,1H3,(H,24,25)/t18-,22+/m0/s1. The van der Waals surface area contributed by atoms with E-state index in [9.17, 15) is 14.0 Å². The highest BCUT2D eigenvalue weighted by molar-refractivity contribution is 5.94. The Bertz CT molecular complexity index is 1010. The highest BCUT2D eigenvalue weighted by Gasteiger charge is 2.38. The Morgan fingerprint density at radius 1 is 1.30 bits per heavy atom. The first-order chi connectivity index (χ1) is 14.4. The first-order valence-corrected chi connectivity index (χ1v) is 10.2. The maximum atomic E-state index is 13.3. The average Bonchev–Trinajstić information content (AvgIpc) is 3.45. The van der Waals surface area contributed by atoms with Crippen LogP contribution in [0.3, 0.4) is 0 Å². The number of amides is 2. The molecule has 2 amide bonds. The molecule has 4 heterocycles. The van der Waals surface area contributed by atoms with E-state index in [4.69, 9.17) is 4.74 Å². The summed E-state index contributed by atoms with van der Waals surface area (Å²) in [6, 6.07) is 8.35. The number of likely N-dealkylation sites (tertiary alicyclic amines) is 1. The molecule has 2 saturated heterocycles. The van der Waals surface area contributed by atoms with E-state index in [0.717, 1.165) is 23.4 Å². The SMILES string of the molecule is C[C@]1(c2ccc(F)cc2)Cc2cc(C(=O)N3CC[C@H](N4CCOC4=O)C3)cnc2N1. The topological polar surface area (TPSA) is 74.8 Å². The van der Waals surface area contributed by atoms with E-state index in [2.05, 4.69) is 10.3 Å². The number of anilines is 1. The number of benzene rings is 1. The number of rotatable bonds is 3. The lowest BCUT2D eigenvalue weighted by Gasteiger charge is -2.25. The van der Waals surface area contributed by atoms with Crippen LogP contribution in [0, 0.1) is 5.82 Å². The largest absolute Gasteiger partial charge is 0.448 e. The molecule has 3 aliphatic rings. The lowest BCUT2D eigenvalue weighted by molar-refractivity contribution is 0.0779. The van der Waals surface area contributed by atoms with E-state index in [1.165, 1.54) is 12.1 Å². The van der Waals surface area contributed by atoms with Gasteiger partial charge in [0.05, 0.1) is 23.7 Å². The van der Waals surface area contributed by atoms with Crippen LogP contribution in [-0.4, -0.2) is 59.1 Å². The van der Waals surface area contributed by atoms with Gasteiger partial charge in [0.15, 0.2) is 0 Å². The van der Waals surface area contributed by atoms with Crippen LogP contribution in [0.1, 0.15) is 34.8 Å². The minimum Gasteiger partial charge on any atom is -0.448 e. The highest BCUT2D eigenvalue weighted by atomic mass is 19.1. The van der Waals surface area contributed by atoms with Crippen molar-refractivity contribution >= 4 is 17.8 Å². The smallest absolute Gasteiger partial charge is 0.410 e. The number of cyclic esters (lactones) is 1. The molecule has 0 saturated carbocycles. The second-order valence-electron chi connectivity index (χ2n) is 8.37. The summed E-state index contributed by atoms with van der Waals surface area (Å²) in [5.74, 6) is 0.406. The first-order valence-electron chi connectivity index (χ1n) is 10.2. The van der Waals surface area contributed by atoms with E-state index in [0.29, 0.717) is 38.2 Å². The molecule has 0 aliphatic carbocycles. The van der Waals surface area contributed by atoms with Gasteiger partial charge < -0.3 is 15.0 Å². The van der Waals surface area contributed by atoms with Crippen molar-refractivity contribution in [2.75, 3.05) is 31.6 Å². The van der Waals surface area contributed by atoms with Gasteiger partial charge in [-0.1, -0.05) is 12.1 Å². The molecule has 2 atom stereocenters. The van der Waals surface area contributed by atoms with Crippen LogP contribution in [0.4, 0.5) is 15.0 Å². The van der Waals surface area contributed by atoms with Crippen LogP contribution in [0.15, 0.2) is 36.5 Å². The fourth-order valence-corrected chi connectivity index (χ4v) is 4.65. The molecular weight excluding hydrogens is 387 g/mol. The number of pyridine rings is 1. The van der Waals surface area contributed by atoms with Gasteiger partial charge in [-0.3, -0.25) is 9.69 Å². The molecular formula is C22H23FN4O3. The Labute approximate surface area is 173 Å².